The van der Waals surface area contributed by atoms with Gasteiger partial charge in [-0.3, -0.25) is 19.5 Å². The zero-order chi connectivity index (χ0) is 18.0. The molecule has 1 amide bonds. The lowest BCUT2D eigenvalue weighted by Crippen LogP contribution is -2.51. The summed E-state index contributed by atoms with van der Waals surface area (Å²) in [6.45, 7) is 4.54. The molecule has 1 aliphatic rings. The van der Waals surface area contributed by atoms with Crippen molar-refractivity contribution in [2.24, 2.45) is 0 Å². The van der Waals surface area contributed by atoms with Crippen molar-refractivity contribution in [2.75, 3.05) is 19.6 Å². The van der Waals surface area contributed by atoms with Crippen LogP contribution in [0.1, 0.15) is 19.8 Å². The molecule has 1 fully saturated rings. The summed E-state index contributed by atoms with van der Waals surface area (Å²) in [6, 6.07) is 4.36. The summed E-state index contributed by atoms with van der Waals surface area (Å²) in [4.78, 5) is 36.3. The number of oxazole rings is 1. The number of fused-ring (bicyclic) bond motifs is 1. The molecule has 0 spiro atoms. The number of nitrogens with zero attached hydrogens (tertiary/aromatic N) is 3. The van der Waals surface area contributed by atoms with Crippen LogP contribution in [0.5, 0.6) is 0 Å². The Morgan fingerprint density at radius 1 is 1.46 bits per heavy atom. The minimum absolute atomic E-state index is 0. The van der Waals surface area contributed by atoms with Crippen molar-refractivity contribution < 1.29 is 14.1 Å². The number of aryl methyl sites for hydroxylation is 1. The van der Waals surface area contributed by atoms with Crippen molar-refractivity contribution >= 4 is 35.1 Å². The van der Waals surface area contributed by atoms with Gasteiger partial charge in [0.2, 0.25) is 5.91 Å². The molecule has 26 heavy (non-hydrogen) atoms. The molecule has 2 heterocycles. The summed E-state index contributed by atoms with van der Waals surface area (Å²) in [5.74, 6) is -0.497. The third kappa shape index (κ3) is 4.23. The van der Waals surface area contributed by atoms with Gasteiger partial charge in [-0.25, -0.2) is 4.79 Å². The molecule has 142 valence electrons. The van der Waals surface area contributed by atoms with E-state index in [-0.39, 0.29) is 35.6 Å². The number of aromatic nitrogens is 1. The van der Waals surface area contributed by atoms with Gasteiger partial charge in [-0.2, -0.15) is 0 Å². The highest BCUT2D eigenvalue weighted by molar-refractivity contribution is 5.85. The van der Waals surface area contributed by atoms with Gasteiger partial charge in [0.25, 0.3) is 5.69 Å². The van der Waals surface area contributed by atoms with Crippen LogP contribution in [0.15, 0.2) is 27.4 Å². The first-order valence-corrected chi connectivity index (χ1v) is 8.24. The molecule has 1 unspecified atom stereocenters. The highest BCUT2D eigenvalue weighted by Gasteiger charge is 2.20. The van der Waals surface area contributed by atoms with E-state index in [9.17, 15) is 19.7 Å². The van der Waals surface area contributed by atoms with Crippen LogP contribution in [0.25, 0.3) is 11.1 Å². The number of carbonyl (C=O) groups is 1. The number of nitrogens with one attached hydrogen (secondary N) is 1. The number of nitro groups is 1. The summed E-state index contributed by atoms with van der Waals surface area (Å²) < 4.78 is 6.49. The van der Waals surface area contributed by atoms with Crippen LogP contribution in [0.4, 0.5) is 5.69 Å². The van der Waals surface area contributed by atoms with Gasteiger partial charge in [0.15, 0.2) is 5.58 Å². The van der Waals surface area contributed by atoms with Gasteiger partial charge < -0.3 is 14.6 Å². The zero-order valence-corrected chi connectivity index (χ0v) is 15.2. The normalized spacial score (nSPS) is 17.1. The number of piperazine rings is 1. The molecule has 1 atom stereocenters. The van der Waals surface area contributed by atoms with Crippen molar-refractivity contribution in [1.29, 1.82) is 0 Å². The van der Waals surface area contributed by atoms with Gasteiger partial charge in [0.05, 0.1) is 16.5 Å². The maximum absolute atomic E-state index is 12.3. The second-order valence-corrected chi connectivity index (χ2v) is 6.23. The number of hydrogen-bond donors (Lipinski definition) is 1. The number of hydrogen-bond acceptors (Lipinski definition) is 6. The van der Waals surface area contributed by atoms with Crippen LogP contribution in [-0.4, -0.2) is 46.0 Å². The van der Waals surface area contributed by atoms with Crippen molar-refractivity contribution in [2.45, 2.75) is 32.4 Å². The average Bonchev–Trinajstić information content (AvgIpc) is 2.89. The molecule has 1 aliphatic heterocycles. The Morgan fingerprint density at radius 3 is 2.92 bits per heavy atom. The number of benzene rings is 1. The largest absolute Gasteiger partial charge is 0.419 e. The molecule has 0 saturated carbocycles. The summed E-state index contributed by atoms with van der Waals surface area (Å²) in [5, 5.41) is 14.1. The summed E-state index contributed by atoms with van der Waals surface area (Å²) in [6.07, 6.45) is 0.849. The van der Waals surface area contributed by atoms with Gasteiger partial charge in [-0.15, -0.1) is 12.4 Å². The Hall–Kier alpha value is -2.39. The molecule has 0 bridgehead atoms. The SMILES string of the molecule is CC1CN(C(=O)CCCn2c(=O)oc3cc([N+](=O)[O-])ccc32)CCN1.Cl. The van der Waals surface area contributed by atoms with Crippen LogP contribution in [0.3, 0.4) is 0 Å². The van der Waals surface area contributed by atoms with E-state index in [1.807, 2.05) is 11.8 Å². The predicted octanol–water partition coefficient (Wildman–Crippen LogP) is 1.52. The van der Waals surface area contributed by atoms with E-state index in [4.69, 9.17) is 4.42 Å². The van der Waals surface area contributed by atoms with Gasteiger partial charge in [0, 0.05) is 44.7 Å². The van der Waals surface area contributed by atoms with E-state index >= 15 is 0 Å². The quantitative estimate of drug-likeness (QED) is 0.618. The van der Waals surface area contributed by atoms with Crippen LogP contribution >= 0.6 is 12.4 Å². The lowest BCUT2D eigenvalue weighted by molar-refractivity contribution is -0.384. The Labute approximate surface area is 155 Å². The molecule has 1 aromatic heterocycles. The Balaban J connectivity index is 0.00000243. The minimum Gasteiger partial charge on any atom is -0.407 e. The van der Waals surface area contributed by atoms with E-state index in [1.165, 1.54) is 22.8 Å². The van der Waals surface area contributed by atoms with Crippen LogP contribution in [0, 0.1) is 10.1 Å². The standard InChI is InChI=1S/C16H20N4O5.ClH/c1-11-10-18(8-6-17-11)15(21)3-2-7-19-13-5-4-12(20(23)24)9-14(13)25-16(19)22;/h4-5,9,11,17H,2-3,6-8,10H2,1H3;1H. The van der Waals surface area contributed by atoms with Crippen LogP contribution < -0.4 is 11.1 Å². The number of non-ortho nitro benzene ring substituents is 1. The summed E-state index contributed by atoms with van der Waals surface area (Å²) in [7, 11) is 0. The highest BCUT2D eigenvalue weighted by atomic mass is 35.5. The first-order chi connectivity index (χ1) is 12.0. The van der Waals surface area contributed by atoms with Gasteiger partial charge >= 0.3 is 5.76 Å². The van der Waals surface area contributed by atoms with Gasteiger partial charge in [0.1, 0.15) is 0 Å². The molecule has 3 rings (SSSR count). The third-order valence-electron chi connectivity index (χ3n) is 4.36. The fraction of sp³-hybridized carbons (Fsp3) is 0.500. The Bertz CT molecular complexity index is 862. The number of amides is 1. The maximum Gasteiger partial charge on any atom is 0.419 e. The van der Waals surface area contributed by atoms with E-state index in [2.05, 4.69) is 5.32 Å². The lowest BCUT2D eigenvalue weighted by atomic mass is 10.2. The molecule has 1 saturated heterocycles. The fourth-order valence-corrected chi connectivity index (χ4v) is 3.09. The summed E-state index contributed by atoms with van der Waals surface area (Å²) in [5.41, 5.74) is 0.553. The lowest BCUT2D eigenvalue weighted by Gasteiger charge is -2.32. The van der Waals surface area contributed by atoms with Gasteiger partial charge in [-0.1, -0.05) is 0 Å². The second kappa shape index (κ2) is 8.33. The predicted molar refractivity (Wildman–Crippen MR) is 97.7 cm³/mol. The highest BCUT2D eigenvalue weighted by Crippen LogP contribution is 2.20. The van der Waals surface area contributed by atoms with E-state index in [1.54, 1.807) is 0 Å². The number of nitro benzene ring substituents is 1. The number of rotatable bonds is 5. The molecule has 1 aromatic carbocycles. The summed E-state index contributed by atoms with van der Waals surface area (Å²) >= 11 is 0. The molecular weight excluding hydrogens is 364 g/mol. The monoisotopic (exact) mass is 384 g/mol. The molecular formula is C16H21ClN4O5. The molecule has 9 nitrogen and oxygen atoms in total. The smallest absolute Gasteiger partial charge is 0.407 e. The average molecular weight is 385 g/mol. The van der Waals surface area contributed by atoms with Crippen molar-refractivity contribution in [1.82, 2.24) is 14.8 Å². The van der Waals surface area contributed by atoms with Crippen LogP contribution in [-0.2, 0) is 11.3 Å². The zero-order valence-electron chi connectivity index (χ0n) is 14.3. The first kappa shape index (κ1) is 19.9. The molecule has 0 radical (unpaired) electrons. The molecule has 10 heteroatoms. The topological polar surface area (TPSA) is 111 Å². The van der Waals surface area contributed by atoms with Crippen molar-refractivity contribution in [3.05, 3.63) is 38.9 Å². The molecule has 2 aromatic rings. The van der Waals surface area contributed by atoms with Crippen molar-refractivity contribution in [3.8, 4) is 0 Å². The van der Waals surface area contributed by atoms with Gasteiger partial charge in [-0.05, 0) is 19.4 Å². The van der Waals surface area contributed by atoms with E-state index in [0.29, 0.717) is 38.0 Å². The fourth-order valence-electron chi connectivity index (χ4n) is 3.09. The number of halogens is 1. The second-order valence-electron chi connectivity index (χ2n) is 6.23. The first-order valence-electron chi connectivity index (χ1n) is 8.24. The number of carbonyl (C=O) groups excluding carboxylic acids is 1. The molecule has 1 N–H and O–H groups in total. The maximum atomic E-state index is 12.3. The minimum atomic E-state index is -0.571. The Morgan fingerprint density at radius 2 is 2.23 bits per heavy atom. The van der Waals surface area contributed by atoms with Crippen LogP contribution in [0.2, 0.25) is 0 Å². The van der Waals surface area contributed by atoms with E-state index in [0.717, 1.165) is 6.54 Å². The third-order valence-corrected chi connectivity index (χ3v) is 4.36. The Kier molecular flexibility index (Phi) is 6.38. The molecule has 0 aliphatic carbocycles. The van der Waals surface area contributed by atoms with E-state index < -0.39 is 10.7 Å². The van der Waals surface area contributed by atoms with Crippen molar-refractivity contribution in [3.63, 3.8) is 0 Å².